The van der Waals surface area contributed by atoms with Crippen molar-refractivity contribution in [3.8, 4) is 0 Å². The summed E-state index contributed by atoms with van der Waals surface area (Å²) < 4.78 is 16.0. The van der Waals surface area contributed by atoms with Crippen LogP contribution >= 0.6 is 0 Å². The van der Waals surface area contributed by atoms with Crippen molar-refractivity contribution >= 4 is 16.9 Å². The number of carbonyl (C=O) groups excluding carboxylic acids is 1. The second kappa shape index (κ2) is 8.42. The second-order valence-electron chi connectivity index (χ2n) is 9.11. The Bertz CT molecular complexity index is 1080. The highest BCUT2D eigenvalue weighted by molar-refractivity contribution is 5.94. The van der Waals surface area contributed by atoms with Crippen molar-refractivity contribution in [2.24, 2.45) is 5.92 Å². The first-order valence-corrected chi connectivity index (χ1v) is 11.3. The second-order valence-corrected chi connectivity index (χ2v) is 9.11. The predicted octanol–water partition coefficient (Wildman–Crippen LogP) is 4.17. The molecule has 0 spiro atoms. The van der Waals surface area contributed by atoms with Gasteiger partial charge < -0.3 is 9.47 Å². The summed E-state index contributed by atoms with van der Waals surface area (Å²) >= 11 is 0. The van der Waals surface area contributed by atoms with E-state index in [1.165, 1.54) is 18.9 Å². The molecule has 1 aromatic heterocycles. The third-order valence-electron chi connectivity index (χ3n) is 6.80. The minimum atomic E-state index is -0.270. The smallest absolute Gasteiger partial charge is 0.253 e. The molecule has 5 rings (SSSR count). The molecule has 2 aromatic carbocycles. The number of benzene rings is 2. The normalized spacial score (nSPS) is 22.3. The Morgan fingerprint density at radius 2 is 1.94 bits per heavy atom. The van der Waals surface area contributed by atoms with Crippen LogP contribution in [-0.2, 0) is 6.54 Å². The van der Waals surface area contributed by atoms with E-state index in [2.05, 4.69) is 16.8 Å². The first-order chi connectivity index (χ1) is 15.1. The number of nitrogens with zero attached hydrogens (tertiary/aromatic N) is 4. The molecule has 31 heavy (non-hydrogen) atoms. The average Bonchev–Trinajstić information content (AvgIpc) is 3.42. The summed E-state index contributed by atoms with van der Waals surface area (Å²) in [6, 6.07) is 13.1. The molecule has 2 aliphatic rings. The third-order valence-corrected chi connectivity index (χ3v) is 6.80. The number of likely N-dealkylation sites (tertiary alicyclic amines) is 2. The van der Waals surface area contributed by atoms with Crippen molar-refractivity contribution in [1.82, 2.24) is 19.4 Å². The van der Waals surface area contributed by atoms with E-state index in [1.807, 2.05) is 39.8 Å². The highest BCUT2D eigenvalue weighted by Crippen LogP contribution is 2.24. The summed E-state index contributed by atoms with van der Waals surface area (Å²) in [5.41, 5.74) is 2.90. The van der Waals surface area contributed by atoms with E-state index in [4.69, 9.17) is 0 Å². The number of hydrogen-bond acceptors (Lipinski definition) is 3. The Balaban J connectivity index is 1.24. The zero-order valence-corrected chi connectivity index (χ0v) is 18.0. The Labute approximate surface area is 182 Å². The molecule has 0 N–H and O–H groups in total. The van der Waals surface area contributed by atoms with E-state index in [0.717, 1.165) is 49.6 Å². The van der Waals surface area contributed by atoms with Crippen molar-refractivity contribution in [3.63, 3.8) is 0 Å². The molecule has 1 amide bonds. The molecule has 0 saturated carbocycles. The summed E-state index contributed by atoms with van der Waals surface area (Å²) in [5, 5.41) is 0. The standard InChI is InChI=1S/C25H29FN4O/c1-18-4-3-12-28(14-18)21-11-13-29(16-21)25(31)20-9-7-19(8-10-20)15-30-17-27-23-6-2-5-22(26)24(23)30/h2,5-10,17-18,21H,3-4,11-16H2,1H3/t18?,21-/m0/s1. The first-order valence-electron chi connectivity index (χ1n) is 11.3. The van der Waals surface area contributed by atoms with Gasteiger partial charge in [-0.2, -0.15) is 0 Å². The van der Waals surface area contributed by atoms with Gasteiger partial charge in [-0.3, -0.25) is 9.69 Å². The van der Waals surface area contributed by atoms with Crippen LogP contribution in [0.15, 0.2) is 48.8 Å². The maximum absolute atomic E-state index is 14.2. The molecule has 3 heterocycles. The topological polar surface area (TPSA) is 41.4 Å². The summed E-state index contributed by atoms with van der Waals surface area (Å²) in [6.45, 7) is 6.82. The minimum absolute atomic E-state index is 0.109. The summed E-state index contributed by atoms with van der Waals surface area (Å²) in [5.74, 6) is 0.596. The lowest BCUT2D eigenvalue weighted by Gasteiger charge is -2.35. The number of aromatic nitrogens is 2. The molecule has 2 fully saturated rings. The van der Waals surface area contributed by atoms with Crippen LogP contribution in [0.1, 0.15) is 42.1 Å². The molecule has 3 aromatic rings. The van der Waals surface area contributed by atoms with E-state index in [-0.39, 0.29) is 11.7 Å². The number of para-hydroxylation sites is 1. The van der Waals surface area contributed by atoms with E-state index in [9.17, 15) is 9.18 Å². The fraction of sp³-hybridized carbons (Fsp3) is 0.440. The molecule has 0 bridgehead atoms. The zero-order valence-electron chi connectivity index (χ0n) is 18.0. The monoisotopic (exact) mass is 420 g/mol. The van der Waals surface area contributed by atoms with Crippen molar-refractivity contribution in [2.75, 3.05) is 26.2 Å². The minimum Gasteiger partial charge on any atom is -0.337 e. The molecular weight excluding hydrogens is 391 g/mol. The van der Waals surface area contributed by atoms with Crippen molar-refractivity contribution in [1.29, 1.82) is 0 Å². The van der Waals surface area contributed by atoms with Gasteiger partial charge in [0.2, 0.25) is 0 Å². The summed E-state index contributed by atoms with van der Waals surface area (Å²) in [6.07, 6.45) is 5.32. The van der Waals surface area contributed by atoms with E-state index < -0.39 is 0 Å². The van der Waals surface area contributed by atoms with Crippen LogP contribution in [0.3, 0.4) is 0 Å². The molecular formula is C25H29FN4O. The number of rotatable bonds is 4. The number of amides is 1. The number of piperidine rings is 1. The molecule has 2 atom stereocenters. The van der Waals surface area contributed by atoms with Gasteiger partial charge in [0.15, 0.2) is 0 Å². The predicted molar refractivity (Wildman–Crippen MR) is 120 cm³/mol. The summed E-state index contributed by atoms with van der Waals surface area (Å²) in [4.78, 5) is 21.9. The van der Waals surface area contributed by atoms with Crippen LogP contribution in [-0.4, -0.2) is 57.5 Å². The van der Waals surface area contributed by atoms with Gasteiger partial charge in [0.1, 0.15) is 11.3 Å². The Morgan fingerprint density at radius 1 is 1.10 bits per heavy atom. The third kappa shape index (κ3) is 4.09. The highest BCUT2D eigenvalue weighted by Gasteiger charge is 2.32. The molecule has 6 heteroatoms. The first kappa shape index (κ1) is 20.2. The van der Waals surface area contributed by atoms with Crippen LogP contribution < -0.4 is 0 Å². The van der Waals surface area contributed by atoms with Gasteiger partial charge in [-0.25, -0.2) is 9.37 Å². The average molecular weight is 421 g/mol. The Kier molecular flexibility index (Phi) is 5.48. The maximum Gasteiger partial charge on any atom is 0.253 e. The number of hydrogen-bond donors (Lipinski definition) is 0. The Hall–Kier alpha value is -2.73. The number of halogens is 1. The number of imidazole rings is 1. The van der Waals surface area contributed by atoms with Crippen LogP contribution in [0.4, 0.5) is 4.39 Å². The fourth-order valence-corrected chi connectivity index (χ4v) is 5.12. The number of fused-ring (bicyclic) bond motifs is 1. The van der Waals surface area contributed by atoms with Crippen LogP contribution in [0.25, 0.3) is 11.0 Å². The molecule has 2 saturated heterocycles. The van der Waals surface area contributed by atoms with Gasteiger partial charge in [0.25, 0.3) is 5.91 Å². The molecule has 1 unspecified atom stereocenters. The lowest BCUT2D eigenvalue weighted by molar-refractivity contribution is 0.0763. The van der Waals surface area contributed by atoms with Crippen molar-refractivity contribution in [2.45, 2.75) is 38.8 Å². The molecule has 0 aliphatic carbocycles. The van der Waals surface area contributed by atoms with Gasteiger partial charge in [0, 0.05) is 37.8 Å². The van der Waals surface area contributed by atoms with E-state index >= 15 is 0 Å². The van der Waals surface area contributed by atoms with E-state index in [0.29, 0.717) is 23.6 Å². The van der Waals surface area contributed by atoms with Gasteiger partial charge in [0.05, 0.1) is 11.8 Å². The van der Waals surface area contributed by atoms with Crippen LogP contribution in [0.2, 0.25) is 0 Å². The van der Waals surface area contributed by atoms with Gasteiger partial charge in [-0.05, 0) is 61.6 Å². The largest absolute Gasteiger partial charge is 0.337 e. The lowest BCUT2D eigenvalue weighted by Crippen LogP contribution is -2.44. The van der Waals surface area contributed by atoms with Gasteiger partial charge >= 0.3 is 0 Å². The van der Waals surface area contributed by atoms with Crippen LogP contribution in [0, 0.1) is 11.7 Å². The van der Waals surface area contributed by atoms with Crippen molar-refractivity contribution < 1.29 is 9.18 Å². The van der Waals surface area contributed by atoms with Crippen molar-refractivity contribution in [3.05, 3.63) is 65.7 Å². The quantitative estimate of drug-likeness (QED) is 0.636. The molecule has 2 aliphatic heterocycles. The number of carbonyl (C=O) groups is 1. The van der Waals surface area contributed by atoms with Gasteiger partial charge in [-0.1, -0.05) is 25.1 Å². The SMILES string of the molecule is CC1CCCN([C@H]2CCN(C(=O)c3ccc(Cn4cnc5cccc(F)c54)cc3)C2)C1. The zero-order chi connectivity index (χ0) is 21.4. The Morgan fingerprint density at radius 3 is 2.74 bits per heavy atom. The fourth-order valence-electron chi connectivity index (χ4n) is 5.12. The molecule has 5 nitrogen and oxygen atoms in total. The molecule has 162 valence electrons. The lowest BCUT2D eigenvalue weighted by atomic mass is 9.98. The van der Waals surface area contributed by atoms with Gasteiger partial charge in [-0.15, -0.1) is 0 Å². The summed E-state index contributed by atoms with van der Waals surface area (Å²) in [7, 11) is 0. The highest BCUT2D eigenvalue weighted by atomic mass is 19.1. The van der Waals surface area contributed by atoms with E-state index in [1.54, 1.807) is 12.4 Å². The maximum atomic E-state index is 14.2. The molecule has 0 radical (unpaired) electrons. The van der Waals surface area contributed by atoms with Crippen LogP contribution in [0.5, 0.6) is 0 Å².